The van der Waals surface area contributed by atoms with Crippen molar-refractivity contribution in [3.8, 4) is 0 Å². The molecule has 0 saturated carbocycles. The molecule has 2 saturated heterocycles. The zero-order valence-corrected chi connectivity index (χ0v) is 17.4. The third kappa shape index (κ3) is 3.89. The van der Waals surface area contributed by atoms with E-state index in [-0.39, 0.29) is 0 Å². The van der Waals surface area contributed by atoms with E-state index >= 15 is 0 Å². The van der Waals surface area contributed by atoms with Gasteiger partial charge in [-0.15, -0.1) is 0 Å². The number of piperidine rings is 1. The molecule has 28 heavy (non-hydrogen) atoms. The zero-order chi connectivity index (χ0) is 19.6. The van der Waals surface area contributed by atoms with Gasteiger partial charge >= 0.3 is 0 Å². The average Bonchev–Trinajstić information content (AvgIpc) is 2.75. The van der Waals surface area contributed by atoms with Crippen LogP contribution in [0, 0.1) is 6.92 Å². The Labute approximate surface area is 168 Å². The Bertz CT molecular complexity index is 898. The smallest absolute Gasteiger partial charge is 0.243 e. The molecule has 5 nitrogen and oxygen atoms in total. The molecule has 2 aliphatic rings. The largest absolute Gasteiger partial charge is 0.372 e. The third-order valence-corrected chi connectivity index (χ3v) is 7.94. The maximum Gasteiger partial charge on any atom is 0.243 e. The van der Waals surface area contributed by atoms with E-state index in [2.05, 4.69) is 34.1 Å². The van der Waals surface area contributed by atoms with Crippen LogP contribution in [0.2, 0.25) is 0 Å². The van der Waals surface area contributed by atoms with Crippen LogP contribution in [0.15, 0.2) is 53.4 Å². The molecule has 0 aliphatic carbocycles. The van der Waals surface area contributed by atoms with Crippen molar-refractivity contribution in [2.24, 2.45) is 0 Å². The minimum absolute atomic E-state index is 0.425. The second-order valence-corrected chi connectivity index (χ2v) is 9.63. The molecular weight excluding hydrogens is 370 g/mol. The molecule has 0 bridgehead atoms. The number of sulfonamides is 1. The Morgan fingerprint density at radius 1 is 0.679 bits per heavy atom. The van der Waals surface area contributed by atoms with Crippen LogP contribution in [0.25, 0.3) is 0 Å². The summed E-state index contributed by atoms with van der Waals surface area (Å²) in [4.78, 5) is 5.17. The molecule has 6 heteroatoms. The van der Waals surface area contributed by atoms with E-state index in [1.807, 2.05) is 19.1 Å². The van der Waals surface area contributed by atoms with Crippen molar-refractivity contribution in [3.05, 3.63) is 54.1 Å². The Balaban J connectivity index is 1.41. The summed E-state index contributed by atoms with van der Waals surface area (Å²) in [5, 5.41) is 0. The van der Waals surface area contributed by atoms with Crippen molar-refractivity contribution in [1.29, 1.82) is 0 Å². The lowest BCUT2D eigenvalue weighted by Gasteiger charge is -2.36. The van der Waals surface area contributed by atoms with Crippen LogP contribution in [-0.2, 0) is 10.0 Å². The average molecular weight is 400 g/mol. The van der Waals surface area contributed by atoms with E-state index in [1.165, 1.54) is 30.6 Å². The highest BCUT2D eigenvalue weighted by Gasteiger charge is 2.29. The summed E-state index contributed by atoms with van der Waals surface area (Å²) in [7, 11) is -3.42. The van der Waals surface area contributed by atoms with E-state index in [0.717, 1.165) is 18.7 Å². The number of piperazine rings is 1. The fourth-order valence-electron chi connectivity index (χ4n) is 4.20. The van der Waals surface area contributed by atoms with Crippen LogP contribution >= 0.6 is 0 Å². The van der Waals surface area contributed by atoms with E-state index in [9.17, 15) is 8.42 Å². The summed E-state index contributed by atoms with van der Waals surface area (Å²) >= 11 is 0. The fraction of sp³-hybridized carbons (Fsp3) is 0.455. The highest BCUT2D eigenvalue weighted by atomic mass is 32.2. The third-order valence-electron chi connectivity index (χ3n) is 5.89. The zero-order valence-electron chi connectivity index (χ0n) is 16.5. The number of hydrogen-bond acceptors (Lipinski definition) is 4. The molecule has 0 N–H and O–H groups in total. The van der Waals surface area contributed by atoms with Gasteiger partial charge in [0.25, 0.3) is 0 Å². The Kier molecular flexibility index (Phi) is 5.60. The summed E-state index contributed by atoms with van der Waals surface area (Å²) in [5.41, 5.74) is 3.27. The maximum absolute atomic E-state index is 13.0. The van der Waals surface area contributed by atoms with Gasteiger partial charge in [-0.3, -0.25) is 0 Å². The standard InChI is InChI=1S/C22H29N3O2S/c1-19-7-3-4-8-22(19)28(26,27)25-17-15-24(16-18-25)21-11-9-20(10-12-21)23-13-5-2-6-14-23/h3-4,7-12H,2,5-6,13-18H2,1H3. The van der Waals surface area contributed by atoms with Gasteiger partial charge in [-0.1, -0.05) is 18.2 Å². The van der Waals surface area contributed by atoms with Gasteiger partial charge in [0.2, 0.25) is 10.0 Å². The molecule has 2 aromatic rings. The minimum Gasteiger partial charge on any atom is -0.372 e. The minimum atomic E-state index is -3.42. The second kappa shape index (κ2) is 8.13. The summed E-state index contributed by atoms with van der Waals surface area (Å²) in [5.74, 6) is 0. The van der Waals surface area contributed by atoms with Gasteiger partial charge in [0.05, 0.1) is 4.90 Å². The summed E-state index contributed by atoms with van der Waals surface area (Å²) < 4.78 is 27.6. The van der Waals surface area contributed by atoms with E-state index in [4.69, 9.17) is 0 Å². The molecule has 0 aromatic heterocycles. The van der Waals surface area contributed by atoms with Gasteiger partial charge in [-0.2, -0.15) is 4.31 Å². The second-order valence-electron chi connectivity index (χ2n) is 7.72. The quantitative estimate of drug-likeness (QED) is 0.789. The molecule has 2 aromatic carbocycles. The molecule has 2 aliphatic heterocycles. The molecular formula is C22H29N3O2S. The number of anilines is 2. The van der Waals surface area contributed by atoms with Crippen molar-refractivity contribution in [2.75, 3.05) is 49.1 Å². The molecule has 0 unspecified atom stereocenters. The van der Waals surface area contributed by atoms with Crippen molar-refractivity contribution >= 4 is 21.4 Å². The van der Waals surface area contributed by atoms with Crippen molar-refractivity contribution in [2.45, 2.75) is 31.1 Å². The molecule has 0 spiro atoms. The normalized spacial score (nSPS) is 19.0. The highest BCUT2D eigenvalue weighted by molar-refractivity contribution is 7.89. The van der Waals surface area contributed by atoms with Gasteiger partial charge in [-0.05, 0) is 62.1 Å². The van der Waals surface area contributed by atoms with Gasteiger partial charge in [0.1, 0.15) is 0 Å². The maximum atomic E-state index is 13.0. The molecule has 150 valence electrons. The van der Waals surface area contributed by atoms with Crippen LogP contribution in [0.4, 0.5) is 11.4 Å². The Hall–Kier alpha value is -2.05. The number of rotatable bonds is 4. The van der Waals surface area contributed by atoms with Crippen LogP contribution in [0.1, 0.15) is 24.8 Å². The van der Waals surface area contributed by atoms with E-state index in [0.29, 0.717) is 31.1 Å². The number of benzene rings is 2. The van der Waals surface area contributed by atoms with Gasteiger partial charge in [0.15, 0.2) is 0 Å². The molecule has 0 atom stereocenters. The van der Waals surface area contributed by atoms with Crippen LogP contribution in [-0.4, -0.2) is 52.0 Å². The number of aryl methyl sites for hydroxylation is 1. The highest BCUT2D eigenvalue weighted by Crippen LogP contribution is 2.26. The Morgan fingerprint density at radius 3 is 1.79 bits per heavy atom. The lowest BCUT2D eigenvalue weighted by molar-refractivity contribution is 0.384. The number of nitrogens with zero attached hydrogens (tertiary/aromatic N) is 3. The lowest BCUT2D eigenvalue weighted by Crippen LogP contribution is -2.48. The first-order chi connectivity index (χ1) is 13.6. The molecule has 2 fully saturated rings. The van der Waals surface area contributed by atoms with Crippen LogP contribution in [0.5, 0.6) is 0 Å². The van der Waals surface area contributed by atoms with Crippen molar-refractivity contribution in [3.63, 3.8) is 0 Å². The summed E-state index contributed by atoms with van der Waals surface area (Å²) in [6, 6.07) is 16.0. The lowest BCUT2D eigenvalue weighted by atomic mass is 10.1. The predicted octanol–water partition coefficient (Wildman–Crippen LogP) is 3.50. The topological polar surface area (TPSA) is 43.9 Å². The van der Waals surface area contributed by atoms with E-state index < -0.39 is 10.0 Å². The SMILES string of the molecule is Cc1ccccc1S(=O)(=O)N1CCN(c2ccc(N3CCCCC3)cc2)CC1. The first kappa shape index (κ1) is 19.3. The summed E-state index contributed by atoms with van der Waals surface area (Å²) in [6.45, 7) is 6.62. The first-order valence-electron chi connectivity index (χ1n) is 10.2. The molecule has 4 rings (SSSR count). The number of hydrogen-bond donors (Lipinski definition) is 0. The van der Waals surface area contributed by atoms with Crippen LogP contribution < -0.4 is 9.80 Å². The van der Waals surface area contributed by atoms with Gasteiger partial charge < -0.3 is 9.80 Å². The van der Waals surface area contributed by atoms with Gasteiger partial charge in [0, 0.05) is 50.6 Å². The molecule has 2 heterocycles. The fourth-order valence-corrected chi connectivity index (χ4v) is 5.85. The van der Waals surface area contributed by atoms with Gasteiger partial charge in [-0.25, -0.2) is 8.42 Å². The first-order valence-corrected chi connectivity index (χ1v) is 11.7. The van der Waals surface area contributed by atoms with E-state index in [1.54, 1.807) is 16.4 Å². The van der Waals surface area contributed by atoms with Crippen molar-refractivity contribution in [1.82, 2.24) is 4.31 Å². The van der Waals surface area contributed by atoms with Crippen LogP contribution in [0.3, 0.4) is 0 Å². The Morgan fingerprint density at radius 2 is 1.21 bits per heavy atom. The monoisotopic (exact) mass is 399 g/mol. The molecule has 0 amide bonds. The predicted molar refractivity (Wildman–Crippen MR) is 115 cm³/mol. The summed E-state index contributed by atoms with van der Waals surface area (Å²) in [6.07, 6.45) is 3.89. The van der Waals surface area contributed by atoms with Crippen molar-refractivity contribution < 1.29 is 8.42 Å². The molecule has 0 radical (unpaired) electrons.